The van der Waals surface area contributed by atoms with Crippen LogP contribution in [0.3, 0.4) is 0 Å². The Balaban J connectivity index is 2.66. The summed E-state index contributed by atoms with van der Waals surface area (Å²) in [6.45, 7) is 8.56. The standard InChI is InChI=1S/C12H22BrN3OS/c1-5-10-12(13)11(16(6-2)15-10)8-14-7-9(3)18(4)17/h9,14H,5-8H2,1-4H3. The summed E-state index contributed by atoms with van der Waals surface area (Å²) in [5.41, 5.74) is 2.27. The molecule has 0 aromatic carbocycles. The largest absolute Gasteiger partial charge is 0.310 e. The first kappa shape index (κ1) is 15.9. The fourth-order valence-electron chi connectivity index (χ4n) is 1.70. The molecule has 2 atom stereocenters. The van der Waals surface area contributed by atoms with Gasteiger partial charge in [0.1, 0.15) is 0 Å². The third-order valence-corrected chi connectivity index (χ3v) is 5.20. The van der Waals surface area contributed by atoms with Gasteiger partial charge in [0.2, 0.25) is 0 Å². The van der Waals surface area contributed by atoms with E-state index >= 15 is 0 Å². The van der Waals surface area contributed by atoms with Crippen molar-refractivity contribution in [3.05, 3.63) is 15.9 Å². The maximum Gasteiger partial charge on any atom is 0.0767 e. The highest BCUT2D eigenvalue weighted by molar-refractivity contribution is 9.10. The quantitative estimate of drug-likeness (QED) is 0.829. The molecule has 2 unspecified atom stereocenters. The van der Waals surface area contributed by atoms with Crippen LogP contribution in [-0.4, -0.2) is 32.0 Å². The first-order valence-corrected chi connectivity index (χ1v) is 8.69. The van der Waals surface area contributed by atoms with Crippen molar-refractivity contribution in [3.63, 3.8) is 0 Å². The van der Waals surface area contributed by atoms with E-state index in [0.29, 0.717) is 0 Å². The Hall–Kier alpha value is -0.200. The minimum absolute atomic E-state index is 0.174. The molecule has 0 saturated carbocycles. The molecule has 104 valence electrons. The lowest BCUT2D eigenvalue weighted by atomic mass is 10.3. The summed E-state index contributed by atoms with van der Waals surface area (Å²) in [6.07, 6.45) is 2.67. The monoisotopic (exact) mass is 335 g/mol. The number of nitrogens with zero attached hydrogens (tertiary/aromatic N) is 2. The van der Waals surface area contributed by atoms with E-state index in [-0.39, 0.29) is 5.25 Å². The van der Waals surface area contributed by atoms with Gasteiger partial charge in [0.15, 0.2) is 0 Å². The van der Waals surface area contributed by atoms with Crippen molar-refractivity contribution in [1.82, 2.24) is 15.1 Å². The van der Waals surface area contributed by atoms with Gasteiger partial charge >= 0.3 is 0 Å². The number of hydrogen-bond acceptors (Lipinski definition) is 3. The Morgan fingerprint density at radius 2 is 2.17 bits per heavy atom. The molecule has 0 radical (unpaired) electrons. The van der Waals surface area contributed by atoms with Crippen LogP contribution in [0.2, 0.25) is 0 Å². The third-order valence-electron chi connectivity index (χ3n) is 2.99. The molecule has 6 heteroatoms. The Morgan fingerprint density at radius 1 is 1.50 bits per heavy atom. The molecule has 1 aromatic rings. The van der Waals surface area contributed by atoms with Gasteiger partial charge in [-0.05, 0) is 36.2 Å². The lowest BCUT2D eigenvalue weighted by molar-refractivity contribution is 0.574. The van der Waals surface area contributed by atoms with E-state index < -0.39 is 10.8 Å². The average Bonchev–Trinajstić information content (AvgIpc) is 2.65. The average molecular weight is 336 g/mol. The van der Waals surface area contributed by atoms with Gasteiger partial charge in [0, 0.05) is 41.9 Å². The molecule has 0 spiro atoms. The lowest BCUT2D eigenvalue weighted by Gasteiger charge is -2.11. The van der Waals surface area contributed by atoms with Crippen LogP contribution in [0, 0.1) is 0 Å². The maximum absolute atomic E-state index is 11.3. The Morgan fingerprint density at radius 3 is 2.67 bits per heavy atom. The number of rotatable bonds is 7. The van der Waals surface area contributed by atoms with E-state index in [1.165, 1.54) is 5.69 Å². The molecule has 0 aliphatic carbocycles. The molecule has 1 heterocycles. The summed E-state index contributed by atoms with van der Waals surface area (Å²) < 4.78 is 14.4. The summed E-state index contributed by atoms with van der Waals surface area (Å²) in [5, 5.41) is 8.07. The lowest BCUT2D eigenvalue weighted by Crippen LogP contribution is -2.28. The molecule has 4 nitrogen and oxygen atoms in total. The van der Waals surface area contributed by atoms with E-state index in [2.05, 4.69) is 40.2 Å². The minimum Gasteiger partial charge on any atom is -0.310 e. The molecule has 0 amide bonds. The van der Waals surface area contributed by atoms with Crippen molar-refractivity contribution in [1.29, 1.82) is 0 Å². The number of aromatic nitrogens is 2. The van der Waals surface area contributed by atoms with Gasteiger partial charge in [-0.25, -0.2) is 0 Å². The molecular weight excluding hydrogens is 314 g/mol. The molecule has 1 N–H and O–H groups in total. The SMILES string of the molecule is CCc1nn(CC)c(CNCC(C)S(C)=O)c1Br. The number of halogens is 1. The van der Waals surface area contributed by atoms with E-state index in [0.717, 1.165) is 36.2 Å². The summed E-state index contributed by atoms with van der Waals surface area (Å²) in [4.78, 5) is 0. The molecule has 1 rings (SSSR count). The van der Waals surface area contributed by atoms with Gasteiger partial charge in [-0.2, -0.15) is 5.10 Å². The Kier molecular flexibility index (Phi) is 6.52. The van der Waals surface area contributed by atoms with Crippen LogP contribution < -0.4 is 5.32 Å². The van der Waals surface area contributed by atoms with E-state index in [4.69, 9.17) is 0 Å². The van der Waals surface area contributed by atoms with Gasteiger partial charge < -0.3 is 5.32 Å². The van der Waals surface area contributed by atoms with E-state index in [1.54, 1.807) is 6.26 Å². The van der Waals surface area contributed by atoms with Gasteiger partial charge in [-0.15, -0.1) is 0 Å². The van der Waals surface area contributed by atoms with Gasteiger partial charge in [0.05, 0.1) is 15.9 Å². The van der Waals surface area contributed by atoms with Crippen LogP contribution in [0.5, 0.6) is 0 Å². The van der Waals surface area contributed by atoms with Crippen molar-refractivity contribution in [3.8, 4) is 0 Å². The van der Waals surface area contributed by atoms with Crippen molar-refractivity contribution >= 4 is 26.7 Å². The Bertz CT molecular complexity index is 420. The predicted molar refractivity (Wildman–Crippen MR) is 80.2 cm³/mol. The van der Waals surface area contributed by atoms with Crippen molar-refractivity contribution in [2.45, 2.75) is 45.5 Å². The summed E-state index contributed by atoms with van der Waals surface area (Å²) in [7, 11) is -0.774. The molecule has 0 aliphatic rings. The van der Waals surface area contributed by atoms with Crippen molar-refractivity contribution in [2.75, 3.05) is 12.8 Å². The van der Waals surface area contributed by atoms with Crippen LogP contribution >= 0.6 is 15.9 Å². The van der Waals surface area contributed by atoms with Crippen LogP contribution in [0.1, 0.15) is 32.2 Å². The molecule has 1 aromatic heterocycles. The second-order valence-corrected chi connectivity index (χ2v) is 6.91. The maximum atomic E-state index is 11.3. The smallest absolute Gasteiger partial charge is 0.0767 e. The highest BCUT2D eigenvalue weighted by Gasteiger charge is 2.14. The second-order valence-electron chi connectivity index (χ2n) is 4.32. The molecule has 0 bridgehead atoms. The van der Waals surface area contributed by atoms with E-state index in [1.807, 2.05) is 11.6 Å². The fraction of sp³-hybridized carbons (Fsp3) is 0.750. The molecule has 0 aliphatic heterocycles. The first-order valence-electron chi connectivity index (χ1n) is 6.28. The summed E-state index contributed by atoms with van der Waals surface area (Å²) >= 11 is 3.62. The number of hydrogen-bond donors (Lipinski definition) is 1. The van der Waals surface area contributed by atoms with Crippen LogP contribution in [0.15, 0.2) is 4.47 Å². The first-order chi connectivity index (χ1) is 8.51. The minimum atomic E-state index is -0.774. The molecule has 0 saturated heterocycles. The zero-order valence-electron chi connectivity index (χ0n) is 11.5. The second kappa shape index (κ2) is 7.40. The normalized spacial score (nSPS) is 14.7. The Labute approximate surface area is 120 Å². The van der Waals surface area contributed by atoms with Crippen LogP contribution in [-0.2, 0) is 30.3 Å². The highest BCUT2D eigenvalue weighted by atomic mass is 79.9. The van der Waals surface area contributed by atoms with Crippen molar-refractivity contribution < 1.29 is 4.21 Å². The zero-order chi connectivity index (χ0) is 13.7. The number of nitrogens with one attached hydrogen (secondary N) is 1. The van der Waals surface area contributed by atoms with Crippen molar-refractivity contribution in [2.24, 2.45) is 0 Å². The molecular formula is C12H22BrN3OS. The van der Waals surface area contributed by atoms with Gasteiger partial charge in [0.25, 0.3) is 0 Å². The molecule has 0 fully saturated rings. The predicted octanol–water partition coefficient (Wildman–Crippen LogP) is 2.08. The fourth-order valence-corrected chi connectivity index (χ4v) is 2.75. The molecule has 18 heavy (non-hydrogen) atoms. The van der Waals surface area contributed by atoms with Gasteiger partial charge in [-0.3, -0.25) is 8.89 Å². The van der Waals surface area contributed by atoms with E-state index in [9.17, 15) is 4.21 Å². The number of aryl methyl sites for hydroxylation is 2. The van der Waals surface area contributed by atoms with Gasteiger partial charge in [-0.1, -0.05) is 6.92 Å². The zero-order valence-corrected chi connectivity index (χ0v) is 13.9. The van der Waals surface area contributed by atoms with Crippen LogP contribution in [0.25, 0.3) is 0 Å². The highest BCUT2D eigenvalue weighted by Crippen LogP contribution is 2.22. The third kappa shape index (κ3) is 3.90. The topological polar surface area (TPSA) is 46.9 Å². The summed E-state index contributed by atoms with van der Waals surface area (Å²) in [6, 6.07) is 0. The summed E-state index contributed by atoms with van der Waals surface area (Å²) in [5.74, 6) is 0. The van der Waals surface area contributed by atoms with Crippen LogP contribution in [0.4, 0.5) is 0 Å².